The van der Waals surface area contributed by atoms with Crippen molar-refractivity contribution in [3.8, 4) is 11.5 Å². The van der Waals surface area contributed by atoms with Crippen LogP contribution < -0.4 is 20.5 Å². The minimum Gasteiger partial charge on any atom is -0.497 e. The molecule has 1 amide bonds. The highest BCUT2D eigenvalue weighted by molar-refractivity contribution is 7.21. The van der Waals surface area contributed by atoms with E-state index in [4.69, 9.17) is 15.2 Å². The number of nitrogens with one attached hydrogen (secondary N) is 1. The summed E-state index contributed by atoms with van der Waals surface area (Å²) in [6, 6.07) is 13.2. The lowest BCUT2D eigenvalue weighted by molar-refractivity contribution is 0.103. The van der Waals surface area contributed by atoms with Crippen molar-refractivity contribution in [3.05, 3.63) is 52.9 Å². The largest absolute Gasteiger partial charge is 0.497 e. The fourth-order valence-electron chi connectivity index (χ4n) is 3.08. The maximum Gasteiger partial charge on any atom is 0.268 e. The van der Waals surface area contributed by atoms with Crippen molar-refractivity contribution in [2.45, 2.75) is 6.92 Å². The maximum absolute atomic E-state index is 12.9. The number of ether oxygens (including phenoxy) is 2. The monoisotopic (exact) mass is 393 g/mol. The molecule has 2 aromatic carbocycles. The second-order valence-corrected chi connectivity index (χ2v) is 7.40. The second-order valence-electron chi connectivity index (χ2n) is 6.40. The van der Waals surface area contributed by atoms with Crippen LogP contribution in [0.3, 0.4) is 0 Å². The molecule has 4 aromatic rings. The Morgan fingerprint density at radius 2 is 1.93 bits per heavy atom. The predicted octanol–water partition coefficient (Wildman–Crippen LogP) is 4.61. The van der Waals surface area contributed by atoms with Crippen molar-refractivity contribution in [2.75, 3.05) is 25.3 Å². The minimum absolute atomic E-state index is 0.313. The highest BCUT2D eigenvalue weighted by Crippen LogP contribution is 2.36. The lowest BCUT2D eigenvalue weighted by Crippen LogP contribution is -2.12. The van der Waals surface area contributed by atoms with Crippen LogP contribution in [-0.4, -0.2) is 25.1 Å². The number of fused-ring (bicyclic) bond motifs is 2. The molecule has 0 aliphatic rings. The molecule has 0 bridgehead atoms. The van der Waals surface area contributed by atoms with Gasteiger partial charge in [0.15, 0.2) is 0 Å². The number of pyridine rings is 1. The highest BCUT2D eigenvalue weighted by atomic mass is 32.1. The number of benzene rings is 2. The molecule has 28 heavy (non-hydrogen) atoms. The Bertz CT molecular complexity index is 1220. The van der Waals surface area contributed by atoms with E-state index in [2.05, 4.69) is 16.4 Å². The average molecular weight is 393 g/mol. The first kappa shape index (κ1) is 18.1. The van der Waals surface area contributed by atoms with Crippen molar-refractivity contribution in [3.63, 3.8) is 0 Å². The summed E-state index contributed by atoms with van der Waals surface area (Å²) in [5.74, 6) is 0.837. The third kappa shape index (κ3) is 3.10. The lowest BCUT2D eigenvalue weighted by atomic mass is 10.1. The van der Waals surface area contributed by atoms with Crippen LogP contribution in [0.1, 0.15) is 15.2 Å². The number of nitrogen functional groups attached to an aromatic ring is 1. The first-order valence-corrected chi connectivity index (χ1v) is 9.44. The quantitative estimate of drug-likeness (QED) is 0.529. The molecule has 6 nitrogen and oxygen atoms in total. The predicted molar refractivity (Wildman–Crippen MR) is 114 cm³/mol. The number of nitrogens with zero attached hydrogens (tertiary/aromatic N) is 1. The fourth-order valence-corrected chi connectivity index (χ4v) is 4.06. The van der Waals surface area contributed by atoms with Gasteiger partial charge in [-0.1, -0.05) is 11.6 Å². The number of methoxy groups -OCH3 is 2. The molecule has 0 saturated heterocycles. The zero-order valence-corrected chi connectivity index (χ0v) is 16.5. The van der Waals surface area contributed by atoms with Gasteiger partial charge >= 0.3 is 0 Å². The van der Waals surface area contributed by atoms with E-state index in [-0.39, 0.29) is 5.91 Å². The van der Waals surface area contributed by atoms with Gasteiger partial charge in [-0.3, -0.25) is 4.79 Å². The SMILES string of the molecule is COc1ccc(OC)c(NC(=O)c2sc3nc4ccc(C)cc4cc3c2N)c1. The summed E-state index contributed by atoms with van der Waals surface area (Å²) >= 11 is 1.27. The third-order valence-electron chi connectivity index (χ3n) is 4.53. The van der Waals surface area contributed by atoms with E-state index in [1.54, 1.807) is 32.4 Å². The first-order chi connectivity index (χ1) is 13.5. The van der Waals surface area contributed by atoms with Gasteiger partial charge in [0, 0.05) is 16.8 Å². The van der Waals surface area contributed by atoms with Crippen LogP contribution in [0.2, 0.25) is 0 Å². The Labute approximate surface area is 165 Å². The Kier molecular flexibility index (Phi) is 4.52. The normalized spacial score (nSPS) is 11.0. The summed E-state index contributed by atoms with van der Waals surface area (Å²) in [5, 5.41) is 4.65. The molecule has 0 aliphatic heterocycles. The molecule has 0 fully saturated rings. The number of carbonyl (C=O) groups is 1. The van der Waals surface area contributed by atoms with Crippen LogP contribution in [0.5, 0.6) is 11.5 Å². The minimum atomic E-state index is -0.313. The van der Waals surface area contributed by atoms with Crippen LogP contribution in [0.25, 0.3) is 21.1 Å². The lowest BCUT2D eigenvalue weighted by Gasteiger charge is -2.11. The van der Waals surface area contributed by atoms with E-state index < -0.39 is 0 Å². The number of carbonyl (C=O) groups excluding carboxylic acids is 1. The molecule has 2 heterocycles. The number of thiophene rings is 1. The Morgan fingerprint density at radius 3 is 2.68 bits per heavy atom. The van der Waals surface area contributed by atoms with E-state index in [9.17, 15) is 4.79 Å². The summed E-state index contributed by atoms with van der Waals surface area (Å²) < 4.78 is 10.6. The van der Waals surface area contributed by atoms with E-state index in [1.807, 2.05) is 25.1 Å². The molecule has 0 atom stereocenters. The second kappa shape index (κ2) is 7.01. The number of rotatable bonds is 4. The summed E-state index contributed by atoms with van der Waals surface area (Å²) in [6.07, 6.45) is 0. The molecular weight excluding hydrogens is 374 g/mol. The molecule has 142 valence electrons. The summed E-state index contributed by atoms with van der Waals surface area (Å²) in [4.78, 5) is 18.7. The summed E-state index contributed by atoms with van der Waals surface area (Å²) in [6.45, 7) is 2.03. The van der Waals surface area contributed by atoms with Gasteiger partial charge in [-0.15, -0.1) is 11.3 Å². The zero-order valence-electron chi connectivity index (χ0n) is 15.7. The van der Waals surface area contributed by atoms with Crippen LogP contribution in [0.15, 0.2) is 42.5 Å². The Balaban J connectivity index is 1.75. The molecule has 2 aromatic heterocycles. The molecule has 0 unspecified atom stereocenters. The smallest absolute Gasteiger partial charge is 0.268 e. The third-order valence-corrected chi connectivity index (χ3v) is 5.64. The number of aryl methyl sites for hydroxylation is 1. The van der Waals surface area contributed by atoms with Crippen molar-refractivity contribution in [2.24, 2.45) is 0 Å². The molecule has 0 spiro atoms. The molecule has 0 aliphatic carbocycles. The van der Waals surface area contributed by atoms with Crippen molar-refractivity contribution in [1.82, 2.24) is 4.98 Å². The number of amides is 1. The molecule has 3 N–H and O–H groups in total. The van der Waals surface area contributed by atoms with Gasteiger partial charge in [0.05, 0.1) is 31.1 Å². The van der Waals surface area contributed by atoms with Crippen molar-refractivity contribution >= 4 is 49.7 Å². The van der Waals surface area contributed by atoms with E-state index >= 15 is 0 Å². The van der Waals surface area contributed by atoms with E-state index in [0.29, 0.717) is 27.8 Å². The van der Waals surface area contributed by atoms with Crippen LogP contribution in [-0.2, 0) is 0 Å². The van der Waals surface area contributed by atoms with Crippen LogP contribution >= 0.6 is 11.3 Å². The molecule has 0 radical (unpaired) electrons. The van der Waals surface area contributed by atoms with Gasteiger partial charge in [0.2, 0.25) is 0 Å². The highest BCUT2D eigenvalue weighted by Gasteiger charge is 2.19. The zero-order chi connectivity index (χ0) is 19.8. The Hall–Kier alpha value is -3.32. The molecule has 4 rings (SSSR count). The topological polar surface area (TPSA) is 86.5 Å². The Morgan fingerprint density at radius 1 is 1.11 bits per heavy atom. The van der Waals surface area contributed by atoms with Gasteiger partial charge in [0.1, 0.15) is 21.2 Å². The number of aromatic nitrogens is 1. The average Bonchev–Trinajstić information content (AvgIpc) is 3.02. The molecule has 7 heteroatoms. The first-order valence-electron chi connectivity index (χ1n) is 8.63. The van der Waals surface area contributed by atoms with E-state index in [1.165, 1.54) is 11.3 Å². The van der Waals surface area contributed by atoms with Crippen LogP contribution in [0, 0.1) is 6.92 Å². The molecular formula is C21H19N3O3S. The maximum atomic E-state index is 12.9. The number of hydrogen-bond acceptors (Lipinski definition) is 6. The van der Waals surface area contributed by atoms with E-state index in [0.717, 1.165) is 26.7 Å². The fraction of sp³-hybridized carbons (Fsp3) is 0.143. The van der Waals surface area contributed by atoms with Gasteiger partial charge in [-0.05, 0) is 37.3 Å². The molecule has 0 saturated carbocycles. The van der Waals surface area contributed by atoms with Crippen LogP contribution in [0.4, 0.5) is 11.4 Å². The summed E-state index contributed by atoms with van der Waals surface area (Å²) in [5.41, 5.74) is 9.26. The van der Waals surface area contributed by atoms with Crippen molar-refractivity contribution in [1.29, 1.82) is 0 Å². The summed E-state index contributed by atoms with van der Waals surface area (Å²) in [7, 11) is 3.11. The van der Waals surface area contributed by atoms with Gasteiger partial charge in [-0.25, -0.2) is 4.98 Å². The van der Waals surface area contributed by atoms with Crippen molar-refractivity contribution < 1.29 is 14.3 Å². The van der Waals surface area contributed by atoms with Gasteiger partial charge in [0.25, 0.3) is 5.91 Å². The van der Waals surface area contributed by atoms with Gasteiger partial charge in [-0.2, -0.15) is 0 Å². The number of nitrogens with two attached hydrogens (primary N) is 1. The number of hydrogen-bond donors (Lipinski definition) is 2. The number of anilines is 2. The van der Waals surface area contributed by atoms with Gasteiger partial charge < -0.3 is 20.5 Å². The standard InChI is InChI=1S/C21H19N3O3S/c1-11-4-6-15-12(8-11)9-14-18(22)19(28-21(14)24-15)20(25)23-16-10-13(26-2)5-7-17(16)27-3/h4-10H,22H2,1-3H3,(H,23,25).